The molecule has 0 aliphatic rings. The van der Waals surface area contributed by atoms with E-state index in [0.29, 0.717) is 28.6 Å². The highest BCUT2D eigenvalue weighted by atomic mass is 16.5. The van der Waals surface area contributed by atoms with Crippen LogP contribution in [0.1, 0.15) is 0 Å². The van der Waals surface area contributed by atoms with E-state index < -0.39 is 0 Å². The van der Waals surface area contributed by atoms with E-state index in [2.05, 4.69) is 15.3 Å². The van der Waals surface area contributed by atoms with Crippen molar-refractivity contribution >= 4 is 28.1 Å². The Morgan fingerprint density at radius 3 is 2.00 bits per heavy atom. The SMILES string of the molecule is COc1cc2c(Nc3ccc(-c4ccc(N)cc4)cc3)ncnc2c(OC)c1OC. The second kappa shape index (κ2) is 8.16. The van der Waals surface area contributed by atoms with Crippen molar-refractivity contribution in [1.82, 2.24) is 9.97 Å². The first-order valence-corrected chi connectivity index (χ1v) is 9.31. The summed E-state index contributed by atoms with van der Waals surface area (Å²) in [5.41, 5.74) is 10.2. The molecule has 7 heteroatoms. The van der Waals surface area contributed by atoms with Crippen LogP contribution in [-0.2, 0) is 0 Å². The third-order valence-corrected chi connectivity index (χ3v) is 4.82. The predicted molar refractivity (Wildman–Crippen MR) is 119 cm³/mol. The number of hydrogen-bond acceptors (Lipinski definition) is 7. The number of aromatic nitrogens is 2. The van der Waals surface area contributed by atoms with Crippen LogP contribution in [0.2, 0.25) is 0 Å². The van der Waals surface area contributed by atoms with Crippen molar-refractivity contribution in [1.29, 1.82) is 0 Å². The molecule has 30 heavy (non-hydrogen) atoms. The van der Waals surface area contributed by atoms with Gasteiger partial charge < -0.3 is 25.3 Å². The van der Waals surface area contributed by atoms with Gasteiger partial charge in [-0.05, 0) is 41.5 Å². The van der Waals surface area contributed by atoms with Crippen LogP contribution in [0.4, 0.5) is 17.2 Å². The van der Waals surface area contributed by atoms with Gasteiger partial charge in [0.05, 0.1) is 26.7 Å². The molecule has 0 aliphatic heterocycles. The number of benzene rings is 3. The van der Waals surface area contributed by atoms with Gasteiger partial charge in [-0.1, -0.05) is 24.3 Å². The van der Waals surface area contributed by atoms with E-state index in [1.807, 2.05) is 54.6 Å². The van der Waals surface area contributed by atoms with E-state index in [-0.39, 0.29) is 0 Å². The second-order valence-corrected chi connectivity index (χ2v) is 6.59. The Bertz CT molecular complexity index is 1180. The second-order valence-electron chi connectivity index (χ2n) is 6.59. The van der Waals surface area contributed by atoms with Gasteiger partial charge in [0.15, 0.2) is 11.5 Å². The van der Waals surface area contributed by atoms with Crippen molar-refractivity contribution in [2.24, 2.45) is 0 Å². The van der Waals surface area contributed by atoms with Gasteiger partial charge in [0, 0.05) is 11.4 Å². The predicted octanol–water partition coefficient (Wildman–Crippen LogP) is 4.65. The maximum absolute atomic E-state index is 5.77. The summed E-state index contributed by atoms with van der Waals surface area (Å²) < 4.78 is 16.5. The number of nitrogens with one attached hydrogen (secondary N) is 1. The standard InChI is InChI=1S/C23H22N4O3/c1-28-19-12-18-20(22(30-3)21(19)29-2)25-13-26-23(18)27-17-10-6-15(7-11-17)14-4-8-16(24)9-5-14/h4-13H,24H2,1-3H3,(H,25,26,27). The molecule has 0 atom stereocenters. The molecule has 0 bridgehead atoms. The molecule has 0 aliphatic carbocycles. The van der Waals surface area contributed by atoms with Crippen LogP contribution in [-0.4, -0.2) is 31.3 Å². The summed E-state index contributed by atoms with van der Waals surface area (Å²) in [6, 6.07) is 17.7. The van der Waals surface area contributed by atoms with Crippen LogP contribution in [0.3, 0.4) is 0 Å². The summed E-state index contributed by atoms with van der Waals surface area (Å²) in [4.78, 5) is 8.79. The van der Waals surface area contributed by atoms with E-state index in [1.54, 1.807) is 21.3 Å². The average molecular weight is 402 g/mol. The van der Waals surface area contributed by atoms with E-state index in [4.69, 9.17) is 19.9 Å². The smallest absolute Gasteiger partial charge is 0.205 e. The van der Waals surface area contributed by atoms with Crippen molar-refractivity contribution in [2.45, 2.75) is 0 Å². The molecule has 0 fully saturated rings. The third-order valence-electron chi connectivity index (χ3n) is 4.82. The molecule has 4 rings (SSSR count). The number of anilines is 3. The molecule has 1 heterocycles. The number of fused-ring (bicyclic) bond motifs is 1. The Morgan fingerprint density at radius 2 is 1.40 bits per heavy atom. The number of hydrogen-bond donors (Lipinski definition) is 2. The van der Waals surface area contributed by atoms with E-state index in [9.17, 15) is 0 Å². The van der Waals surface area contributed by atoms with Crippen molar-refractivity contribution < 1.29 is 14.2 Å². The largest absolute Gasteiger partial charge is 0.493 e. The molecular weight excluding hydrogens is 380 g/mol. The van der Waals surface area contributed by atoms with Crippen LogP contribution >= 0.6 is 0 Å². The van der Waals surface area contributed by atoms with Crippen molar-refractivity contribution in [3.8, 4) is 28.4 Å². The zero-order valence-corrected chi connectivity index (χ0v) is 17.0. The number of nitrogens with zero attached hydrogens (tertiary/aromatic N) is 2. The third kappa shape index (κ3) is 3.53. The molecule has 0 spiro atoms. The Kier molecular flexibility index (Phi) is 5.26. The van der Waals surface area contributed by atoms with Crippen LogP contribution < -0.4 is 25.3 Å². The minimum absolute atomic E-state index is 0.491. The Balaban J connectivity index is 1.71. The van der Waals surface area contributed by atoms with E-state index >= 15 is 0 Å². The normalized spacial score (nSPS) is 10.6. The van der Waals surface area contributed by atoms with Gasteiger partial charge in [-0.15, -0.1) is 0 Å². The number of ether oxygens (including phenoxy) is 3. The molecule has 0 saturated heterocycles. The van der Waals surface area contributed by atoms with Crippen molar-refractivity contribution in [3.63, 3.8) is 0 Å². The summed E-state index contributed by atoms with van der Waals surface area (Å²) in [6.45, 7) is 0. The van der Waals surface area contributed by atoms with Crippen molar-refractivity contribution in [2.75, 3.05) is 32.4 Å². The van der Waals surface area contributed by atoms with E-state index in [0.717, 1.165) is 27.9 Å². The minimum Gasteiger partial charge on any atom is -0.493 e. The fraction of sp³-hybridized carbons (Fsp3) is 0.130. The fourth-order valence-corrected chi connectivity index (χ4v) is 3.32. The highest BCUT2D eigenvalue weighted by Gasteiger charge is 2.19. The molecule has 7 nitrogen and oxygen atoms in total. The Morgan fingerprint density at radius 1 is 0.767 bits per heavy atom. The quantitative estimate of drug-likeness (QED) is 0.454. The summed E-state index contributed by atoms with van der Waals surface area (Å²) in [7, 11) is 4.72. The van der Waals surface area contributed by atoms with Crippen LogP contribution in [0.5, 0.6) is 17.2 Å². The Hall–Kier alpha value is -4.00. The van der Waals surface area contributed by atoms with Gasteiger partial charge in [-0.25, -0.2) is 9.97 Å². The topological polar surface area (TPSA) is 91.5 Å². The summed E-state index contributed by atoms with van der Waals surface area (Å²) >= 11 is 0. The summed E-state index contributed by atoms with van der Waals surface area (Å²) in [5.74, 6) is 2.17. The molecule has 0 radical (unpaired) electrons. The Labute approximate surface area is 174 Å². The first kappa shape index (κ1) is 19.3. The first-order chi connectivity index (χ1) is 14.6. The van der Waals surface area contributed by atoms with Gasteiger partial charge >= 0.3 is 0 Å². The molecular formula is C23H22N4O3. The lowest BCUT2D eigenvalue weighted by Gasteiger charge is -2.16. The fourth-order valence-electron chi connectivity index (χ4n) is 3.32. The summed E-state index contributed by atoms with van der Waals surface area (Å²) in [5, 5.41) is 4.11. The number of nitrogens with two attached hydrogens (primary N) is 1. The van der Waals surface area contributed by atoms with Gasteiger partial charge in [-0.2, -0.15) is 0 Å². The zero-order valence-electron chi connectivity index (χ0n) is 17.0. The maximum Gasteiger partial charge on any atom is 0.205 e. The van der Waals surface area contributed by atoms with Gasteiger partial charge in [0.1, 0.15) is 17.7 Å². The van der Waals surface area contributed by atoms with Gasteiger partial charge in [-0.3, -0.25) is 0 Å². The molecule has 3 aromatic carbocycles. The average Bonchev–Trinajstić information content (AvgIpc) is 2.79. The molecule has 0 saturated carbocycles. The lowest BCUT2D eigenvalue weighted by molar-refractivity contribution is 0.327. The molecule has 0 unspecified atom stereocenters. The highest BCUT2D eigenvalue weighted by Crippen LogP contribution is 2.44. The number of methoxy groups -OCH3 is 3. The number of nitrogen functional groups attached to an aromatic ring is 1. The van der Waals surface area contributed by atoms with Crippen molar-refractivity contribution in [3.05, 3.63) is 60.9 Å². The minimum atomic E-state index is 0.491. The van der Waals surface area contributed by atoms with Crippen LogP contribution in [0.15, 0.2) is 60.9 Å². The van der Waals surface area contributed by atoms with Crippen LogP contribution in [0, 0.1) is 0 Å². The van der Waals surface area contributed by atoms with Gasteiger partial charge in [0.25, 0.3) is 0 Å². The lowest BCUT2D eigenvalue weighted by atomic mass is 10.1. The molecule has 4 aromatic rings. The highest BCUT2D eigenvalue weighted by molar-refractivity contribution is 5.97. The monoisotopic (exact) mass is 402 g/mol. The molecule has 1 aromatic heterocycles. The summed E-state index contributed by atoms with van der Waals surface area (Å²) in [6.07, 6.45) is 1.49. The number of rotatable bonds is 6. The molecule has 3 N–H and O–H groups in total. The lowest BCUT2D eigenvalue weighted by Crippen LogP contribution is -2.00. The first-order valence-electron chi connectivity index (χ1n) is 9.31. The zero-order chi connectivity index (χ0) is 21.1. The van der Waals surface area contributed by atoms with Gasteiger partial charge in [0.2, 0.25) is 5.75 Å². The van der Waals surface area contributed by atoms with E-state index in [1.165, 1.54) is 6.33 Å². The van der Waals surface area contributed by atoms with Crippen LogP contribution in [0.25, 0.3) is 22.0 Å². The molecule has 0 amide bonds. The molecule has 152 valence electrons. The maximum atomic E-state index is 5.77.